The van der Waals surface area contributed by atoms with Gasteiger partial charge in [0.05, 0.1) is 42.4 Å². The molecule has 2 aromatic carbocycles. The first-order chi connectivity index (χ1) is 13.4. The van der Waals surface area contributed by atoms with Crippen LogP contribution >= 0.6 is 23.2 Å². The molecule has 0 saturated carbocycles. The number of anilines is 1. The zero-order valence-electron chi connectivity index (χ0n) is 15.5. The standard InChI is InChI=1S/C20H20Cl2N2O4/c1-27-17-6-3-12(9-18(17)28-2)7-8-23-16-11-19(25)24(20(16)26)13-4-5-14(21)15(22)10-13/h3-6,9-10,16,23H,7-8,11H2,1-2H3/t16-/m0/s1. The number of ether oxygens (including phenoxy) is 2. The van der Waals surface area contributed by atoms with Crippen molar-refractivity contribution >= 4 is 40.7 Å². The highest BCUT2D eigenvalue weighted by molar-refractivity contribution is 6.42. The van der Waals surface area contributed by atoms with Crippen LogP contribution < -0.4 is 19.7 Å². The highest BCUT2D eigenvalue weighted by atomic mass is 35.5. The molecule has 1 fully saturated rings. The van der Waals surface area contributed by atoms with Crippen molar-refractivity contribution in [1.82, 2.24) is 5.32 Å². The number of imide groups is 1. The van der Waals surface area contributed by atoms with Gasteiger partial charge in [-0.15, -0.1) is 0 Å². The Kier molecular flexibility index (Phi) is 6.44. The minimum atomic E-state index is -0.568. The molecular formula is C20H20Cl2N2O4. The summed E-state index contributed by atoms with van der Waals surface area (Å²) in [5.41, 5.74) is 1.46. The van der Waals surface area contributed by atoms with Crippen LogP contribution in [0.2, 0.25) is 10.0 Å². The molecular weight excluding hydrogens is 403 g/mol. The smallest absolute Gasteiger partial charge is 0.251 e. The van der Waals surface area contributed by atoms with E-state index in [4.69, 9.17) is 32.7 Å². The van der Waals surface area contributed by atoms with E-state index in [9.17, 15) is 9.59 Å². The summed E-state index contributed by atoms with van der Waals surface area (Å²) in [6, 6.07) is 9.79. The van der Waals surface area contributed by atoms with Crippen LogP contribution in [0.5, 0.6) is 11.5 Å². The number of carbonyl (C=O) groups is 2. The lowest BCUT2D eigenvalue weighted by atomic mass is 10.1. The predicted molar refractivity (Wildman–Crippen MR) is 109 cm³/mol. The summed E-state index contributed by atoms with van der Waals surface area (Å²) in [5.74, 6) is 0.744. The predicted octanol–water partition coefficient (Wildman–Crippen LogP) is 3.47. The van der Waals surface area contributed by atoms with E-state index in [0.717, 1.165) is 10.5 Å². The summed E-state index contributed by atoms with van der Waals surface area (Å²) in [4.78, 5) is 26.2. The van der Waals surface area contributed by atoms with Crippen molar-refractivity contribution in [3.8, 4) is 11.5 Å². The summed E-state index contributed by atoms with van der Waals surface area (Å²) >= 11 is 11.9. The number of nitrogens with one attached hydrogen (secondary N) is 1. The van der Waals surface area contributed by atoms with Crippen LogP contribution in [0.1, 0.15) is 12.0 Å². The zero-order valence-corrected chi connectivity index (χ0v) is 17.0. The maximum Gasteiger partial charge on any atom is 0.251 e. The van der Waals surface area contributed by atoms with Gasteiger partial charge in [0.1, 0.15) is 0 Å². The number of hydrogen-bond donors (Lipinski definition) is 1. The highest BCUT2D eigenvalue weighted by Crippen LogP contribution is 2.30. The lowest BCUT2D eigenvalue weighted by Gasteiger charge is -2.16. The molecule has 1 saturated heterocycles. The Bertz CT molecular complexity index is 904. The average molecular weight is 423 g/mol. The van der Waals surface area contributed by atoms with Crippen molar-refractivity contribution < 1.29 is 19.1 Å². The number of methoxy groups -OCH3 is 2. The quantitative estimate of drug-likeness (QED) is 0.691. The second-order valence-electron chi connectivity index (χ2n) is 6.32. The van der Waals surface area contributed by atoms with E-state index < -0.39 is 6.04 Å². The van der Waals surface area contributed by atoms with Gasteiger partial charge in [-0.1, -0.05) is 29.3 Å². The molecule has 3 rings (SSSR count). The maximum absolute atomic E-state index is 12.7. The highest BCUT2D eigenvalue weighted by Gasteiger charge is 2.39. The van der Waals surface area contributed by atoms with Gasteiger partial charge in [0, 0.05) is 0 Å². The van der Waals surface area contributed by atoms with Gasteiger partial charge in [-0.05, 0) is 48.9 Å². The normalized spacial score (nSPS) is 16.6. The molecule has 28 heavy (non-hydrogen) atoms. The Labute approximate surface area is 173 Å². The SMILES string of the molecule is COc1ccc(CCN[C@H]2CC(=O)N(c3ccc(Cl)c(Cl)c3)C2=O)cc1OC. The molecule has 0 bridgehead atoms. The number of halogens is 2. The number of nitrogens with zero attached hydrogens (tertiary/aromatic N) is 1. The molecule has 0 aliphatic carbocycles. The monoisotopic (exact) mass is 422 g/mol. The molecule has 1 N–H and O–H groups in total. The van der Waals surface area contributed by atoms with Crippen LogP contribution in [0.3, 0.4) is 0 Å². The fraction of sp³-hybridized carbons (Fsp3) is 0.300. The van der Waals surface area contributed by atoms with E-state index in [2.05, 4.69) is 5.32 Å². The van der Waals surface area contributed by atoms with Gasteiger partial charge >= 0.3 is 0 Å². The number of benzene rings is 2. The van der Waals surface area contributed by atoms with Crippen molar-refractivity contribution in [3.05, 3.63) is 52.0 Å². The molecule has 2 amide bonds. The van der Waals surface area contributed by atoms with E-state index in [1.165, 1.54) is 6.07 Å². The third-order valence-corrected chi connectivity index (χ3v) is 5.30. The van der Waals surface area contributed by atoms with E-state index >= 15 is 0 Å². The van der Waals surface area contributed by atoms with Gasteiger partial charge in [-0.2, -0.15) is 0 Å². The fourth-order valence-electron chi connectivity index (χ4n) is 3.11. The minimum Gasteiger partial charge on any atom is -0.493 e. The third-order valence-electron chi connectivity index (χ3n) is 4.56. The number of rotatable bonds is 7. The maximum atomic E-state index is 12.7. The Hall–Kier alpha value is -2.28. The molecule has 0 spiro atoms. The van der Waals surface area contributed by atoms with Gasteiger partial charge in [0.2, 0.25) is 5.91 Å². The molecule has 2 aromatic rings. The molecule has 0 aromatic heterocycles. The van der Waals surface area contributed by atoms with Crippen LogP contribution in [0.4, 0.5) is 5.69 Å². The van der Waals surface area contributed by atoms with Crippen LogP contribution in [0.15, 0.2) is 36.4 Å². The van der Waals surface area contributed by atoms with Gasteiger partial charge < -0.3 is 14.8 Å². The largest absolute Gasteiger partial charge is 0.493 e. The van der Waals surface area contributed by atoms with Gasteiger partial charge in [-0.3, -0.25) is 9.59 Å². The number of carbonyl (C=O) groups excluding carboxylic acids is 2. The molecule has 1 aliphatic heterocycles. The first-order valence-electron chi connectivity index (χ1n) is 8.70. The Balaban J connectivity index is 1.62. The van der Waals surface area contributed by atoms with E-state index in [1.54, 1.807) is 26.4 Å². The van der Waals surface area contributed by atoms with Gasteiger partial charge in [0.15, 0.2) is 11.5 Å². The van der Waals surface area contributed by atoms with Crippen molar-refractivity contribution in [2.24, 2.45) is 0 Å². The molecule has 1 atom stereocenters. The van der Waals surface area contributed by atoms with E-state index in [1.807, 2.05) is 18.2 Å². The zero-order chi connectivity index (χ0) is 20.3. The minimum absolute atomic E-state index is 0.102. The number of amides is 2. The summed E-state index contributed by atoms with van der Waals surface area (Å²) < 4.78 is 10.5. The summed E-state index contributed by atoms with van der Waals surface area (Å²) in [6.45, 7) is 0.536. The summed E-state index contributed by atoms with van der Waals surface area (Å²) in [7, 11) is 3.17. The van der Waals surface area contributed by atoms with Crippen molar-refractivity contribution in [1.29, 1.82) is 0 Å². The topological polar surface area (TPSA) is 67.9 Å². The van der Waals surface area contributed by atoms with Gasteiger partial charge in [-0.25, -0.2) is 4.90 Å². The lowest BCUT2D eigenvalue weighted by Crippen LogP contribution is -2.39. The van der Waals surface area contributed by atoms with Crippen LogP contribution in [-0.4, -0.2) is 38.6 Å². The van der Waals surface area contributed by atoms with E-state index in [-0.39, 0.29) is 18.2 Å². The van der Waals surface area contributed by atoms with E-state index in [0.29, 0.717) is 40.2 Å². The molecule has 148 valence electrons. The third kappa shape index (κ3) is 4.24. The molecule has 0 unspecified atom stereocenters. The van der Waals surface area contributed by atoms with Crippen LogP contribution in [0.25, 0.3) is 0 Å². The second kappa shape index (κ2) is 8.82. The summed E-state index contributed by atoms with van der Waals surface area (Å²) in [5, 5.41) is 3.82. The average Bonchev–Trinajstić information content (AvgIpc) is 2.97. The van der Waals surface area contributed by atoms with Crippen molar-refractivity contribution in [3.63, 3.8) is 0 Å². The molecule has 1 heterocycles. The molecule has 8 heteroatoms. The second-order valence-corrected chi connectivity index (χ2v) is 7.13. The first-order valence-corrected chi connectivity index (χ1v) is 9.46. The van der Waals surface area contributed by atoms with Crippen LogP contribution in [0, 0.1) is 0 Å². The summed E-state index contributed by atoms with van der Waals surface area (Å²) in [6.07, 6.45) is 0.774. The number of hydrogen-bond acceptors (Lipinski definition) is 5. The lowest BCUT2D eigenvalue weighted by molar-refractivity contribution is -0.121. The van der Waals surface area contributed by atoms with Crippen molar-refractivity contribution in [2.75, 3.05) is 25.7 Å². The molecule has 0 radical (unpaired) electrons. The molecule has 1 aliphatic rings. The first kappa shape index (κ1) is 20.5. The Morgan fingerprint density at radius 2 is 1.79 bits per heavy atom. The fourth-order valence-corrected chi connectivity index (χ4v) is 3.41. The van der Waals surface area contributed by atoms with Gasteiger partial charge in [0.25, 0.3) is 5.91 Å². The van der Waals surface area contributed by atoms with Crippen LogP contribution in [-0.2, 0) is 16.0 Å². The Morgan fingerprint density at radius 3 is 2.46 bits per heavy atom. The molecule has 6 nitrogen and oxygen atoms in total. The Morgan fingerprint density at radius 1 is 1.04 bits per heavy atom. The van der Waals surface area contributed by atoms with Crippen molar-refractivity contribution in [2.45, 2.75) is 18.9 Å².